The molecule has 24 heavy (non-hydrogen) atoms. The average molecular weight is 320 g/mol. The molecule has 1 heterocycles. The Morgan fingerprint density at radius 3 is 2.38 bits per heavy atom. The largest absolute Gasteiger partial charge is 0.386 e. The number of hydrogen-bond acceptors (Lipinski definition) is 5. The highest BCUT2D eigenvalue weighted by Crippen LogP contribution is 2.51. The third-order valence-corrected chi connectivity index (χ3v) is 5.39. The van der Waals surface area contributed by atoms with E-state index in [1.54, 1.807) is 36.4 Å². The molecule has 0 bridgehead atoms. The molecular weight excluding hydrogens is 308 g/mol. The van der Waals surface area contributed by atoms with E-state index in [9.17, 15) is 19.2 Å². The van der Waals surface area contributed by atoms with Crippen LogP contribution in [0.15, 0.2) is 36.4 Å². The number of Topliss-reactive ketones (excluding diaryl/α,β-unsaturated/α-hetero) is 2. The Kier molecular flexibility index (Phi) is 2.48. The normalized spacial score (nSPS) is 32.8. The van der Waals surface area contributed by atoms with E-state index in [1.165, 1.54) is 0 Å². The van der Waals surface area contributed by atoms with Crippen LogP contribution in [-0.4, -0.2) is 23.5 Å². The van der Waals surface area contributed by atoms with Gasteiger partial charge in [0.15, 0.2) is 0 Å². The van der Waals surface area contributed by atoms with Crippen molar-refractivity contribution in [2.75, 3.05) is 0 Å². The molecule has 5 rings (SSSR count). The summed E-state index contributed by atoms with van der Waals surface area (Å²) in [5.41, 5.74) is 1.72. The zero-order chi connectivity index (χ0) is 16.6. The van der Waals surface area contributed by atoms with Gasteiger partial charge in [-0.3, -0.25) is 9.59 Å². The van der Waals surface area contributed by atoms with E-state index in [2.05, 4.69) is 4.74 Å². The summed E-state index contributed by atoms with van der Waals surface area (Å²) in [4.78, 5) is 48.5. The molecule has 1 aromatic carbocycles. The van der Waals surface area contributed by atoms with Crippen LogP contribution < -0.4 is 0 Å². The Balaban J connectivity index is 1.61. The van der Waals surface area contributed by atoms with Gasteiger partial charge < -0.3 is 4.74 Å². The number of fused-ring (bicyclic) bond motifs is 3. The molecule has 0 saturated heterocycles. The minimum atomic E-state index is -0.671. The third kappa shape index (κ3) is 1.64. The topological polar surface area (TPSA) is 77.5 Å². The lowest BCUT2D eigenvalue weighted by Gasteiger charge is -2.28. The molecule has 4 unspecified atom stereocenters. The highest BCUT2D eigenvalue weighted by molar-refractivity contribution is 6.17. The molecule has 1 aliphatic heterocycles. The van der Waals surface area contributed by atoms with Crippen LogP contribution in [0.2, 0.25) is 0 Å². The molecule has 0 amide bonds. The van der Waals surface area contributed by atoms with Crippen LogP contribution in [0.3, 0.4) is 0 Å². The van der Waals surface area contributed by atoms with Crippen molar-refractivity contribution in [3.8, 4) is 0 Å². The fraction of sp³-hybridized carbons (Fsp3) is 0.263. The number of esters is 2. The van der Waals surface area contributed by atoms with Gasteiger partial charge in [0.05, 0.1) is 17.0 Å². The van der Waals surface area contributed by atoms with Gasteiger partial charge in [0.25, 0.3) is 0 Å². The van der Waals surface area contributed by atoms with Crippen molar-refractivity contribution >= 4 is 29.1 Å². The van der Waals surface area contributed by atoms with Gasteiger partial charge in [0, 0.05) is 17.8 Å². The van der Waals surface area contributed by atoms with Crippen molar-refractivity contribution in [1.82, 2.24) is 0 Å². The van der Waals surface area contributed by atoms with Crippen molar-refractivity contribution in [2.45, 2.75) is 6.42 Å². The Bertz CT molecular complexity index is 920. The second-order valence-corrected chi connectivity index (χ2v) is 6.69. The molecule has 4 aliphatic rings. The maximum Gasteiger partial charge on any atom is 0.347 e. The number of ether oxygens (including phenoxy) is 1. The number of allylic oxidation sites excluding steroid dienone is 4. The molecule has 0 spiro atoms. The minimum absolute atomic E-state index is 0.0908. The van der Waals surface area contributed by atoms with E-state index >= 15 is 0 Å². The molecule has 118 valence electrons. The zero-order valence-corrected chi connectivity index (χ0v) is 12.5. The molecule has 5 nitrogen and oxygen atoms in total. The summed E-state index contributed by atoms with van der Waals surface area (Å²) in [6.45, 7) is 0. The Hall–Kier alpha value is -2.82. The zero-order valence-electron chi connectivity index (χ0n) is 12.5. The van der Waals surface area contributed by atoms with Gasteiger partial charge in [0.1, 0.15) is 11.6 Å². The second kappa shape index (κ2) is 4.38. The van der Waals surface area contributed by atoms with Crippen molar-refractivity contribution in [2.24, 2.45) is 23.7 Å². The number of carbonyl (C=O) groups excluding carboxylic acids is 4. The Labute approximate surface area is 137 Å². The van der Waals surface area contributed by atoms with Crippen molar-refractivity contribution in [1.29, 1.82) is 0 Å². The molecule has 0 N–H and O–H groups in total. The molecule has 1 aromatic rings. The van der Waals surface area contributed by atoms with Crippen molar-refractivity contribution in [3.05, 3.63) is 53.1 Å². The van der Waals surface area contributed by atoms with Crippen LogP contribution in [-0.2, 0) is 14.3 Å². The number of cyclic esters (lactones) is 2. The van der Waals surface area contributed by atoms with Crippen molar-refractivity contribution < 1.29 is 23.9 Å². The van der Waals surface area contributed by atoms with E-state index in [0.29, 0.717) is 17.6 Å². The average Bonchev–Trinajstić information content (AvgIpc) is 3.34. The fourth-order valence-corrected chi connectivity index (χ4v) is 4.08. The molecule has 4 atom stereocenters. The van der Waals surface area contributed by atoms with Gasteiger partial charge in [-0.05, 0) is 23.6 Å². The van der Waals surface area contributed by atoms with Gasteiger partial charge in [-0.25, -0.2) is 9.59 Å². The number of ketones is 2. The molecule has 2 fully saturated rings. The second-order valence-electron chi connectivity index (χ2n) is 6.69. The van der Waals surface area contributed by atoms with Crippen LogP contribution in [0, 0.1) is 23.7 Å². The Morgan fingerprint density at radius 2 is 1.58 bits per heavy atom. The number of carbonyl (C=O) groups is 4. The van der Waals surface area contributed by atoms with E-state index in [1.807, 2.05) is 0 Å². The van der Waals surface area contributed by atoms with Crippen LogP contribution in [0.4, 0.5) is 0 Å². The first-order valence-corrected chi connectivity index (χ1v) is 7.93. The lowest BCUT2D eigenvalue weighted by molar-refractivity contribution is -0.135. The first-order chi connectivity index (χ1) is 11.6. The molecule has 5 heteroatoms. The summed E-state index contributed by atoms with van der Waals surface area (Å²) in [7, 11) is 0. The fourth-order valence-electron chi connectivity index (χ4n) is 4.08. The first-order valence-electron chi connectivity index (χ1n) is 7.93. The summed E-state index contributed by atoms with van der Waals surface area (Å²) in [6.07, 6.45) is 5.96. The monoisotopic (exact) mass is 320 g/mol. The lowest BCUT2D eigenvalue weighted by Crippen LogP contribution is -2.36. The first kappa shape index (κ1) is 13.6. The van der Waals surface area contributed by atoms with Crippen LogP contribution in [0.25, 0.3) is 5.57 Å². The van der Waals surface area contributed by atoms with Gasteiger partial charge in [-0.15, -0.1) is 0 Å². The molecule has 0 aromatic heterocycles. The maximum absolute atomic E-state index is 12.5. The number of rotatable bonds is 1. The predicted octanol–water partition coefficient (Wildman–Crippen LogP) is 1.97. The quantitative estimate of drug-likeness (QED) is 0.584. The maximum atomic E-state index is 12.5. The van der Waals surface area contributed by atoms with E-state index in [0.717, 1.165) is 0 Å². The van der Waals surface area contributed by atoms with Gasteiger partial charge in [0.2, 0.25) is 0 Å². The summed E-state index contributed by atoms with van der Waals surface area (Å²) in [5.74, 6) is -2.15. The highest BCUT2D eigenvalue weighted by Gasteiger charge is 2.57. The number of benzene rings is 1. The van der Waals surface area contributed by atoms with E-state index in [-0.39, 0.29) is 34.5 Å². The highest BCUT2D eigenvalue weighted by atomic mass is 16.6. The van der Waals surface area contributed by atoms with Crippen LogP contribution in [0.1, 0.15) is 32.7 Å². The SMILES string of the molecule is O=C1OC(=O)c2c1cccc2C1=CC2C(=O)C3CC3C(=O)C2C=C1. The standard InChI is InChI=1S/C19H12O5/c20-16-10-5-4-8(6-12(10)17(21)14-7-13(14)16)9-2-1-3-11-15(9)19(23)24-18(11)22/h1-6,10,12-14H,7H2. The molecular formula is C19H12O5. The van der Waals surface area contributed by atoms with Gasteiger partial charge >= 0.3 is 11.9 Å². The van der Waals surface area contributed by atoms with E-state index in [4.69, 9.17) is 0 Å². The molecule has 0 radical (unpaired) electrons. The lowest BCUT2D eigenvalue weighted by atomic mass is 9.73. The molecule has 3 aliphatic carbocycles. The smallest absolute Gasteiger partial charge is 0.347 e. The van der Waals surface area contributed by atoms with Gasteiger partial charge in [-0.1, -0.05) is 30.4 Å². The van der Waals surface area contributed by atoms with Gasteiger partial charge in [-0.2, -0.15) is 0 Å². The predicted molar refractivity (Wildman–Crippen MR) is 81.9 cm³/mol. The van der Waals surface area contributed by atoms with Crippen molar-refractivity contribution in [3.63, 3.8) is 0 Å². The van der Waals surface area contributed by atoms with E-state index < -0.39 is 23.8 Å². The Morgan fingerprint density at radius 1 is 0.875 bits per heavy atom. The minimum Gasteiger partial charge on any atom is -0.386 e. The summed E-state index contributed by atoms with van der Waals surface area (Å²) in [5, 5.41) is 0. The summed E-state index contributed by atoms with van der Waals surface area (Å²) < 4.78 is 4.68. The van der Waals surface area contributed by atoms with Crippen LogP contribution >= 0.6 is 0 Å². The summed E-state index contributed by atoms with van der Waals surface area (Å²) >= 11 is 0. The summed E-state index contributed by atoms with van der Waals surface area (Å²) in [6, 6.07) is 4.95. The van der Waals surface area contributed by atoms with Crippen LogP contribution in [0.5, 0.6) is 0 Å². The number of hydrogen-bond donors (Lipinski definition) is 0. The third-order valence-electron chi connectivity index (χ3n) is 5.39. The molecule has 2 saturated carbocycles.